The van der Waals surface area contributed by atoms with E-state index in [1.54, 1.807) is 0 Å². The van der Waals surface area contributed by atoms with Crippen LogP contribution in [-0.2, 0) is 17.8 Å². The van der Waals surface area contributed by atoms with E-state index in [9.17, 15) is 4.79 Å². The SMILES string of the molecule is CCCc1n[nH]c(=S)n1CCCC(N)=O. The lowest BCUT2D eigenvalue weighted by atomic mass is 10.3. The van der Waals surface area contributed by atoms with Crippen LogP contribution in [0.5, 0.6) is 0 Å². The van der Waals surface area contributed by atoms with Gasteiger partial charge in [-0.15, -0.1) is 0 Å². The molecule has 1 heterocycles. The van der Waals surface area contributed by atoms with Gasteiger partial charge in [0.05, 0.1) is 0 Å². The summed E-state index contributed by atoms with van der Waals surface area (Å²) in [5.41, 5.74) is 5.07. The number of aryl methyl sites for hydroxylation is 1. The third-order valence-electron chi connectivity index (χ3n) is 2.12. The lowest BCUT2D eigenvalue weighted by Gasteiger charge is -2.04. The smallest absolute Gasteiger partial charge is 0.217 e. The molecule has 1 aromatic heterocycles. The van der Waals surface area contributed by atoms with E-state index >= 15 is 0 Å². The molecule has 1 rings (SSSR count). The number of nitrogens with one attached hydrogen (secondary N) is 1. The van der Waals surface area contributed by atoms with Crippen LogP contribution < -0.4 is 5.73 Å². The third-order valence-corrected chi connectivity index (χ3v) is 2.43. The molecule has 0 saturated carbocycles. The van der Waals surface area contributed by atoms with Gasteiger partial charge in [0, 0.05) is 19.4 Å². The molecule has 0 aliphatic heterocycles. The highest BCUT2D eigenvalue weighted by Gasteiger charge is 2.05. The second-order valence-corrected chi connectivity index (χ2v) is 3.80. The molecule has 0 aliphatic carbocycles. The number of nitrogens with zero attached hydrogens (tertiary/aromatic N) is 2. The summed E-state index contributed by atoms with van der Waals surface area (Å²) >= 11 is 5.09. The van der Waals surface area contributed by atoms with Crippen LogP contribution in [0.3, 0.4) is 0 Å². The van der Waals surface area contributed by atoms with Gasteiger partial charge < -0.3 is 10.3 Å². The van der Waals surface area contributed by atoms with Crippen LogP contribution in [0, 0.1) is 4.77 Å². The number of rotatable bonds is 6. The molecular formula is C9H16N4OS. The summed E-state index contributed by atoms with van der Waals surface area (Å²) in [4.78, 5) is 10.6. The van der Waals surface area contributed by atoms with Crippen molar-refractivity contribution in [2.75, 3.05) is 0 Å². The van der Waals surface area contributed by atoms with Gasteiger partial charge in [-0.1, -0.05) is 6.92 Å². The van der Waals surface area contributed by atoms with E-state index in [4.69, 9.17) is 18.0 Å². The van der Waals surface area contributed by atoms with Crippen LogP contribution in [0.4, 0.5) is 0 Å². The fourth-order valence-electron chi connectivity index (χ4n) is 1.41. The molecule has 1 amide bonds. The molecule has 3 N–H and O–H groups in total. The van der Waals surface area contributed by atoms with Crippen LogP contribution in [0.1, 0.15) is 32.0 Å². The summed E-state index contributed by atoms with van der Waals surface area (Å²) in [6.45, 7) is 2.79. The summed E-state index contributed by atoms with van der Waals surface area (Å²) in [6, 6.07) is 0. The number of carbonyl (C=O) groups is 1. The van der Waals surface area contributed by atoms with Crippen molar-refractivity contribution < 1.29 is 4.79 Å². The number of H-pyrrole nitrogens is 1. The van der Waals surface area contributed by atoms with Crippen LogP contribution >= 0.6 is 12.2 Å². The molecule has 0 unspecified atom stereocenters. The van der Waals surface area contributed by atoms with Gasteiger partial charge in [-0.2, -0.15) is 5.10 Å². The van der Waals surface area contributed by atoms with Gasteiger partial charge in [-0.3, -0.25) is 9.89 Å². The van der Waals surface area contributed by atoms with Crippen molar-refractivity contribution in [1.82, 2.24) is 14.8 Å². The van der Waals surface area contributed by atoms with E-state index in [1.165, 1.54) is 0 Å². The lowest BCUT2D eigenvalue weighted by Crippen LogP contribution is -2.12. The minimum absolute atomic E-state index is 0.276. The van der Waals surface area contributed by atoms with Crippen molar-refractivity contribution in [2.45, 2.75) is 39.2 Å². The number of aromatic nitrogens is 3. The van der Waals surface area contributed by atoms with Crippen LogP contribution in [0.15, 0.2) is 0 Å². The molecule has 6 heteroatoms. The Hall–Kier alpha value is -1.17. The second-order valence-electron chi connectivity index (χ2n) is 3.42. The first kappa shape index (κ1) is 11.9. The molecule has 0 aliphatic rings. The molecule has 0 radical (unpaired) electrons. The average Bonchev–Trinajstić information content (AvgIpc) is 2.50. The van der Waals surface area contributed by atoms with Gasteiger partial charge >= 0.3 is 0 Å². The van der Waals surface area contributed by atoms with Gasteiger partial charge in [0.15, 0.2) is 4.77 Å². The molecular weight excluding hydrogens is 212 g/mol. The molecule has 0 atom stereocenters. The minimum atomic E-state index is -0.276. The Morgan fingerprint density at radius 3 is 3.00 bits per heavy atom. The number of carbonyl (C=O) groups excluding carboxylic acids is 1. The maximum atomic E-state index is 10.6. The Bertz CT molecular complexity index is 382. The normalized spacial score (nSPS) is 10.5. The van der Waals surface area contributed by atoms with Gasteiger partial charge in [-0.25, -0.2) is 0 Å². The maximum Gasteiger partial charge on any atom is 0.217 e. The number of nitrogens with two attached hydrogens (primary N) is 1. The molecule has 1 aromatic rings. The fraction of sp³-hybridized carbons (Fsp3) is 0.667. The number of primary amides is 1. The standard InChI is InChI=1S/C9H16N4OS/c1-2-4-8-11-12-9(15)13(8)6-3-5-7(10)14/h2-6H2,1H3,(H2,10,14)(H,12,15). The highest BCUT2D eigenvalue weighted by Crippen LogP contribution is 2.03. The van der Waals surface area contributed by atoms with Gasteiger partial charge in [0.2, 0.25) is 5.91 Å². The Labute approximate surface area is 93.7 Å². The predicted octanol–water partition coefficient (Wildman–Crippen LogP) is 1.16. The van der Waals surface area contributed by atoms with E-state index in [0.29, 0.717) is 24.2 Å². The summed E-state index contributed by atoms with van der Waals surface area (Å²) in [7, 11) is 0. The zero-order chi connectivity index (χ0) is 11.3. The largest absolute Gasteiger partial charge is 0.370 e. The van der Waals surface area contributed by atoms with Crippen molar-refractivity contribution in [2.24, 2.45) is 5.73 Å². The Morgan fingerprint density at radius 1 is 1.67 bits per heavy atom. The molecule has 0 bridgehead atoms. The molecule has 0 aromatic carbocycles. The van der Waals surface area contributed by atoms with Crippen molar-refractivity contribution >= 4 is 18.1 Å². The fourth-order valence-corrected chi connectivity index (χ4v) is 1.65. The van der Waals surface area contributed by atoms with E-state index < -0.39 is 0 Å². The Morgan fingerprint density at radius 2 is 2.40 bits per heavy atom. The van der Waals surface area contributed by atoms with E-state index in [-0.39, 0.29) is 5.91 Å². The topological polar surface area (TPSA) is 76.7 Å². The maximum absolute atomic E-state index is 10.6. The first-order valence-corrected chi connectivity index (χ1v) is 5.48. The summed E-state index contributed by atoms with van der Waals surface area (Å²) in [5, 5.41) is 6.89. The average molecular weight is 228 g/mol. The summed E-state index contributed by atoms with van der Waals surface area (Å²) in [6.07, 6.45) is 3.01. The van der Waals surface area contributed by atoms with Crippen molar-refractivity contribution in [3.05, 3.63) is 10.6 Å². The Kier molecular flexibility index (Phi) is 4.48. The zero-order valence-electron chi connectivity index (χ0n) is 8.82. The first-order valence-electron chi connectivity index (χ1n) is 5.07. The lowest BCUT2D eigenvalue weighted by molar-refractivity contribution is -0.118. The summed E-state index contributed by atoms with van der Waals surface area (Å²) < 4.78 is 2.55. The second kappa shape index (κ2) is 5.65. The quantitative estimate of drug-likeness (QED) is 0.717. The van der Waals surface area contributed by atoms with Crippen molar-refractivity contribution in [1.29, 1.82) is 0 Å². The van der Waals surface area contributed by atoms with E-state index in [2.05, 4.69) is 17.1 Å². The molecule has 5 nitrogen and oxygen atoms in total. The third kappa shape index (κ3) is 3.47. The number of amides is 1. The van der Waals surface area contributed by atoms with E-state index in [0.717, 1.165) is 18.7 Å². The number of hydrogen-bond donors (Lipinski definition) is 2. The van der Waals surface area contributed by atoms with Crippen LogP contribution in [0.2, 0.25) is 0 Å². The predicted molar refractivity (Wildman–Crippen MR) is 59.8 cm³/mol. The number of aromatic amines is 1. The molecule has 0 fully saturated rings. The van der Waals surface area contributed by atoms with E-state index in [1.807, 2.05) is 4.57 Å². The highest BCUT2D eigenvalue weighted by atomic mass is 32.1. The van der Waals surface area contributed by atoms with Crippen LogP contribution in [-0.4, -0.2) is 20.7 Å². The van der Waals surface area contributed by atoms with Crippen molar-refractivity contribution in [3.8, 4) is 0 Å². The Balaban J connectivity index is 2.62. The minimum Gasteiger partial charge on any atom is -0.370 e. The zero-order valence-corrected chi connectivity index (χ0v) is 9.64. The highest BCUT2D eigenvalue weighted by molar-refractivity contribution is 7.71. The first-order chi connectivity index (χ1) is 7.15. The molecule has 15 heavy (non-hydrogen) atoms. The molecule has 0 spiro atoms. The van der Waals surface area contributed by atoms with Gasteiger partial charge in [0.25, 0.3) is 0 Å². The van der Waals surface area contributed by atoms with Crippen molar-refractivity contribution in [3.63, 3.8) is 0 Å². The number of hydrogen-bond acceptors (Lipinski definition) is 3. The molecule has 84 valence electrons. The summed E-state index contributed by atoms with van der Waals surface area (Å²) in [5.74, 6) is 0.675. The van der Waals surface area contributed by atoms with Gasteiger partial charge in [-0.05, 0) is 25.1 Å². The molecule has 0 saturated heterocycles. The monoisotopic (exact) mass is 228 g/mol. The van der Waals surface area contributed by atoms with Crippen LogP contribution in [0.25, 0.3) is 0 Å². The van der Waals surface area contributed by atoms with Gasteiger partial charge in [0.1, 0.15) is 5.82 Å².